The molecule has 1 fully saturated rings. The van der Waals surface area contributed by atoms with Gasteiger partial charge < -0.3 is 35.2 Å². The molecule has 1 aliphatic heterocycles. The predicted molar refractivity (Wildman–Crippen MR) is 82.4 cm³/mol. The Bertz CT molecular complexity index is 897. The molecule has 1 saturated heterocycles. The molecule has 7 N–H and O–H groups in total. The first-order valence-corrected chi connectivity index (χ1v) is 11.2. The summed E-state index contributed by atoms with van der Waals surface area (Å²) in [5.41, 5.74) is 4.41. The van der Waals surface area contributed by atoms with Crippen LogP contribution in [0.15, 0.2) is 17.1 Å². The first-order valence-electron chi connectivity index (χ1n) is 6.68. The molecule has 27 heavy (non-hydrogen) atoms. The number of aromatic nitrogens is 2. The van der Waals surface area contributed by atoms with Gasteiger partial charge in [0.15, 0.2) is 12.5 Å². The minimum Gasteiger partial charge on any atom is -0.388 e. The maximum absolute atomic E-state index is 11.7. The zero-order chi connectivity index (χ0) is 20.6. The highest BCUT2D eigenvalue weighted by Crippen LogP contribution is 2.66. The molecule has 0 aliphatic carbocycles. The van der Waals surface area contributed by atoms with E-state index in [0.29, 0.717) is 0 Å². The number of rotatable bonds is 7. The van der Waals surface area contributed by atoms with Crippen molar-refractivity contribution in [1.29, 1.82) is 0 Å². The SMILES string of the molecule is Nc1ccn([C@@H]2O[C@H](OP(=O)(O)OP(=O)(O)OP(=O)(O)O)C[C@H]2O)c(=O)n1. The molecule has 0 bridgehead atoms. The second-order valence-corrected chi connectivity index (χ2v) is 9.37. The second-order valence-electron chi connectivity index (χ2n) is 5.00. The lowest BCUT2D eigenvalue weighted by atomic mass is 10.2. The highest BCUT2D eigenvalue weighted by atomic mass is 31.3. The predicted octanol–water partition coefficient (Wildman–Crippen LogP) is -1.23. The van der Waals surface area contributed by atoms with Gasteiger partial charge in [-0.15, -0.1) is 0 Å². The van der Waals surface area contributed by atoms with Crippen LogP contribution in [0.25, 0.3) is 0 Å². The monoisotopic (exact) mass is 453 g/mol. The summed E-state index contributed by atoms with van der Waals surface area (Å²) >= 11 is 0. The van der Waals surface area contributed by atoms with Crippen LogP contribution in [0.5, 0.6) is 0 Å². The van der Waals surface area contributed by atoms with Gasteiger partial charge in [-0.25, -0.2) is 18.5 Å². The summed E-state index contributed by atoms with van der Waals surface area (Å²) in [6, 6.07) is 1.22. The average Bonchev–Trinajstić information content (AvgIpc) is 2.73. The lowest BCUT2D eigenvalue weighted by molar-refractivity contribution is -0.116. The highest BCUT2D eigenvalue weighted by Gasteiger charge is 2.45. The number of nitrogen functional groups attached to an aromatic ring is 1. The molecule has 1 aromatic heterocycles. The van der Waals surface area contributed by atoms with Crippen LogP contribution >= 0.6 is 23.5 Å². The number of hydrogen-bond donors (Lipinski definition) is 6. The van der Waals surface area contributed by atoms with Crippen molar-refractivity contribution in [1.82, 2.24) is 9.55 Å². The molecule has 0 radical (unpaired) electrons. The van der Waals surface area contributed by atoms with Crippen LogP contribution in [0.3, 0.4) is 0 Å². The third-order valence-corrected chi connectivity index (χ3v) is 6.68. The van der Waals surface area contributed by atoms with Gasteiger partial charge in [0.25, 0.3) is 0 Å². The van der Waals surface area contributed by atoms with Crippen molar-refractivity contribution in [2.75, 3.05) is 5.73 Å². The van der Waals surface area contributed by atoms with Crippen LogP contribution in [0.4, 0.5) is 5.82 Å². The van der Waals surface area contributed by atoms with Gasteiger partial charge in [0, 0.05) is 12.6 Å². The zero-order valence-electron chi connectivity index (χ0n) is 12.9. The Labute approximate surface area is 149 Å². The second kappa shape index (κ2) is 7.79. The van der Waals surface area contributed by atoms with Crippen molar-refractivity contribution in [3.05, 3.63) is 22.7 Å². The van der Waals surface area contributed by atoms with Crippen LogP contribution in [-0.2, 0) is 31.6 Å². The quantitative estimate of drug-likeness (QED) is 0.265. The van der Waals surface area contributed by atoms with Crippen molar-refractivity contribution in [3.8, 4) is 0 Å². The van der Waals surface area contributed by atoms with E-state index in [0.717, 1.165) is 10.8 Å². The van der Waals surface area contributed by atoms with E-state index in [1.54, 1.807) is 0 Å². The minimum absolute atomic E-state index is 0.103. The van der Waals surface area contributed by atoms with Gasteiger partial charge in [0.05, 0.1) is 0 Å². The molecule has 2 heterocycles. The Morgan fingerprint density at radius 1 is 1.19 bits per heavy atom. The lowest BCUT2D eigenvalue weighted by Crippen LogP contribution is -2.31. The largest absolute Gasteiger partial charge is 0.490 e. The number of anilines is 1. The molecule has 0 saturated carbocycles. The van der Waals surface area contributed by atoms with Crippen LogP contribution in [-0.4, -0.2) is 46.6 Å². The lowest BCUT2D eigenvalue weighted by Gasteiger charge is -2.19. The van der Waals surface area contributed by atoms with Crippen molar-refractivity contribution in [3.63, 3.8) is 0 Å². The summed E-state index contributed by atoms with van der Waals surface area (Å²) in [5, 5.41) is 9.92. The van der Waals surface area contributed by atoms with Crippen molar-refractivity contribution in [2.24, 2.45) is 0 Å². The average molecular weight is 453 g/mol. The normalized spacial score (nSPS) is 27.8. The summed E-state index contributed by atoms with van der Waals surface area (Å²) in [6.07, 6.45) is -3.88. The number of aliphatic hydroxyl groups excluding tert-OH is 1. The van der Waals surface area contributed by atoms with Crippen molar-refractivity contribution >= 4 is 29.3 Å². The van der Waals surface area contributed by atoms with Crippen LogP contribution in [0.1, 0.15) is 12.6 Å². The number of phosphoric ester groups is 1. The van der Waals surface area contributed by atoms with Gasteiger partial charge in [-0.05, 0) is 6.07 Å². The molecule has 2 unspecified atom stereocenters. The molecule has 2 rings (SSSR count). The molecule has 154 valence electrons. The molecule has 5 atom stereocenters. The third kappa shape index (κ3) is 6.54. The molecule has 0 aromatic carbocycles. The minimum atomic E-state index is -5.69. The fourth-order valence-electron chi connectivity index (χ4n) is 2.00. The van der Waals surface area contributed by atoms with Crippen LogP contribution in [0, 0.1) is 0 Å². The Hall–Kier alpha value is -0.990. The third-order valence-electron chi connectivity index (χ3n) is 2.85. The standard InChI is InChI=1S/C8H14N3O13P3/c9-5-1-2-11(8(13)10-5)7-4(12)3-6(21-7)22-26(17,18)24-27(19,20)23-25(14,15)16/h1-2,4,6-7,12H,3H2,(H,17,18)(H,19,20)(H2,9,10,13)(H2,14,15,16)/t4-,6-,7-/m1/s1. The van der Waals surface area contributed by atoms with Crippen molar-refractivity contribution in [2.45, 2.75) is 25.0 Å². The Balaban J connectivity index is 2.07. The number of phosphoric acid groups is 3. The number of aliphatic hydroxyl groups is 1. The molecule has 0 spiro atoms. The number of hydrogen-bond acceptors (Lipinski definition) is 11. The summed E-state index contributed by atoms with van der Waals surface area (Å²) in [7, 11) is -16.7. The fraction of sp³-hybridized carbons (Fsp3) is 0.500. The van der Waals surface area contributed by atoms with Gasteiger partial charge in [-0.1, -0.05) is 0 Å². The van der Waals surface area contributed by atoms with Crippen LogP contribution in [0.2, 0.25) is 0 Å². The molecule has 1 aromatic rings. The highest BCUT2D eigenvalue weighted by molar-refractivity contribution is 7.66. The smallest absolute Gasteiger partial charge is 0.388 e. The molecule has 0 amide bonds. The summed E-state index contributed by atoms with van der Waals surface area (Å²) in [4.78, 5) is 50.5. The van der Waals surface area contributed by atoms with Gasteiger partial charge >= 0.3 is 29.2 Å². The van der Waals surface area contributed by atoms with E-state index < -0.39 is 54.2 Å². The summed E-state index contributed by atoms with van der Waals surface area (Å²) in [5.74, 6) is -0.103. The summed E-state index contributed by atoms with van der Waals surface area (Å²) < 4.78 is 50.9. The zero-order valence-corrected chi connectivity index (χ0v) is 15.6. The number of nitrogens with two attached hydrogens (primary N) is 1. The maximum Gasteiger partial charge on any atom is 0.490 e. The molecule has 16 nitrogen and oxygen atoms in total. The fourth-order valence-corrected chi connectivity index (χ4v) is 5.09. The van der Waals surface area contributed by atoms with E-state index in [-0.39, 0.29) is 5.82 Å². The summed E-state index contributed by atoms with van der Waals surface area (Å²) in [6.45, 7) is 0. The molecule has 1 aliphatic rings. The molecule has 19 heteroatoms. The first-order chi connectivity index (χ1) is 12.2. The Morgan fingerprint density at radius 2 is 1.81 bits per heavy atom. The first kappa shape index (κ1) is 22.3. The molecular formula is C8H14N3O13P3. The van der Waals surface area contributed by atoms with Crippen LogP contribution < -0.4 is 11.4 Å². The molecular weight excluding hydrogens is 439 g/mol. The van der Waals surface area contributed by atoms with Gasteiger partial charge in [0.1, 0.15) is 11.9 Å². The number of ether oxygens (including phenoxy) is 1. The van der Waals surface area contributed by atoms with Gasteiger partial charge in [-0.2, -0.15) is 13.6 Å². The van der Waals surface area contributed by atoms with E-state index in [1.807, 2.05) is 0 Å². The van der Waals surface area contributed by atoms with Gasteiger partial charge in [-0.3, -0.25) is 9.09 Å². The Morgan fingerprint density at radius 3 is 2.37 bits per heavy atom. The van der Waals surface area contributed by atoms with Crippen molar-refractivity contribution < 1.29 is 56.3 Å². The van der Waals surface area contributed by atoms with E-state index in [4.69, 9.17) is 25.2 Å². The number of nitrogens with zero attached hydrogens (tertiary/aromatic N) is 2. The van der Waals surface area contributed by atoms with E-state index in [1.165, 1.54) is 6.07 Å². The Kier molecular flexibility index (Phi) is 6.44. The van der Waals surface area contributed by atoms with Gasteiger partial charge in [0.2, 0.25) is 0 Å². The van der Waals surface area contributed by atoms with E-state index >= 15 is 0 Å². The van der Waals surface area contributed by atoms with E-state index in [2.05, 4.69) is 18.1 Å². The topological polar surface area (TPSA) is 250 Å². The van der Waals surface area contributed by atoms with E-state index in [9.17, 15) is 28.5 Å². The maximum atomic E-state index is 11.7.